The van der Waals surface area contributed by atoms with Crippen LogP contribution in [0.15, 0.2) is 42.5 Å². The first-order valence-corrected chi connectivity index (χ1v) is 6.06. The van der Waals surface area contributed by atoms with Crippen LogP contribution >= 0.6 is 0 Å². The molecule has 1 nitrogen and oxygen atoms in total. The van der Waals surface area contributed by atoms with E-state index < -0.39 is 6.10 Å². The molecule has 94 valence electrons. The lowest BCUT2D eigenvalue weighted by Gasteiger charge is -2.13. The molecular weight excluding hydrogens is 227 g/mol. The van der Waals surface area contributed by atoms with Crippen molar-refractivity contribution in [2.24, 2.45) is 0 Å². The van der Waals surface area contributed by atoms with Crippen molar-refractivity contribution < 1.29 is 9.50 Å². The summed E-state index contributed by atoms with van der Waals surface area (Å²) in [5, 5.41) is 10.1. The van der Waals surface area contributed by atoms with Crippen LogP contribution in [0.2, 0.25) is 0 Å². The molecule has 0 saturated carbocycles. The highest BCUT2D eigenvalue weighted by molar-refractivity contribution is 5.29. The quantitative estimate of drug-likeness (QED) is 0.872. The van der Waals surface area contributed by atoms with Gasteiger partial charge in [0.15, 0.2) is 0 Å². The van der Waals surface area contributed by atoms with Crippen LogP contribution in [0.5, 0.6) is 0 Å². The van der Waals surface area contributed by atoms with Gasteiger partial charge < -0.3 is 5.11 Å². The Morgan fingerprint density at radius 1 is 1.06 bits per heavy atom. The number of aliphatic hydroxyl groups excluding tert-OH is 1. The van der Waals surface area contributed by atoms with E-state index in [1.807, 2.05) is 31.2 Å². The van der Waals surface area contributed by atoms with Gasteiger partial charge >= 0.3 is 0 Å². The summed E-state index contributed by atoms with van der Waals surface area (Å²) in [7, 11) is 0. The van der Waals surface area contributed by atoms with Crippen molar-refractivity contribution in [2.45, 2.75) is 26.4 Å². The van der Waals surface area contributed by atoms with Crippen LogP contribution in [-0.2, 0) is 6.42 Å². The summed E-state index contributed by atoms with van der Waals surface area (Å²) in [6.45, 7) is 3.72. The molecule has 0 radical (unpaired) electrons. The third kappa shape index (κ3) is 2.77. The standard InChI is InChI=1S/C16H17FO/c1-11-6-8-13(9-7-11)10-15(18)14-5-3-4-12(2)16(14)17/h3-9,15,18H,10H2,1-2H3. The molecule has 1 unspecified atom stereocenters. The SMILES string of the molecule is Cc1ccc(CC(O)c2cccc(C)c2F)cc1. The van der Waals surface area contributed by atoms with Crippen molar-refractivity contribution in [1.29, 1.82) is 0 Å². The molecule has 2 aromatic carbocycles. The highest BCUT2D eigenvalue weighted by Gasteiger charge is 2.14. The van der Waals surface area contributed by atoms with Crippen molar-refractivity contribution in [2.75, 3.05) is 0 Å². The zero-order valence-corrected chi connectivity index (χ0v) is 10.7. The Morgan fingerprint density at radius 3 is 2.39 bits per heavy atom. The second-order valence-corrected chi connectivity index (χ2v) is 4.68. The van der Waals surface area contributed by atoms with Crippen molar-refractivity contribution in [1.82, 2.24) is 0 Å². The topological polar surface area (TPSA) is 20.2 Å². The largest absolute Gasteiger partial charge is 0.388 e. The number of hydrogen-bond donors (Lipinski definition) is 1. The van der Waals surface area contributed by atoms with E-state index in [-0.39, 0.29) is 5.82 Å². The number of aliphatic hydroxyl groups is 1. The van der Waals surface area contributed by atoms with E-state index in [1.165, 1.54) is 5.56 Å². The number of hydrogen-bond acceptors (Lipinski definition) is 1. The normalized spacial score (nSPS) is 12.4. The maximum absolute atomic E-state index is 13.9. The first-order valence-electron chi connectivity index (χ1n) is 6.06. The van der Waals surface area contributed by atoms with Gasteiger partial charge in [0.05, 0.1) is 6.10 Å². The predicted octanol–water partition coefficient (Wildman–Crippen LogP) is 3.72. The lowest BCUT2D eigenvalue weighted by Crippen LogP contribution is -2.05. The van der Waals surface area contributed by atoms with Gasteiger partial charge in [-0.25, -0.2) is 4.39 Å². The first kappa shape index (κ1) is 12.8. The van der Waals surface area contributed by atoms with Gasteiger partial charge in [-0.15, -0.1) is 0 Å². The number of rotatable bonds is 3. The molecule has 0 aliphatic carbocycles. The van der Waals surface area contributed by atoms with E-state index in [9.17, 15) is 9.50 Å². The molecule has 0 aromatic heterocycles. The smallest absolute Gasteiger partial charge is 0.131 e. The Kier molecular flexibility index (Phi) is 3.78. The minimum Gasteiger partial charge on any atom is -0.388 e. The molecular formula is C16H17FO. The molecule has 0 saturated heterocycles. The Bertz CT molecular complexity index is 531. The molecule has 2 rings (SSSR count). The Balaban J connectivity index is 2.19. The highest BCUT2D eigenvalue weighted by atomic mass is 19.1. The summed E-state index contributed by atoms with van der Waals surface area (Å²) in [4.78, 5) is 0. The molecule has 2 heteroatoms. The van der Waals surface area contributed by atoms with Crippen molar-refractivity contribution >= 4 is 0 Å². The monoisotopic (exact) mass is 244 g/mol. The van der Waals surface area contributed by atoms with Crippen LogP contribution in [0.3, 0.4) is 0 Å². The fourth-order valence-electron chi connectivity index (χ4n) is 1.98. The van der Waals surface area contributed by atoms with Crippen molar-refractivity contribution in [3.05, 3.63) is 70.5 Å². The lowest BCUT2D eigenvalue weighted by atomic mass is 9.99. The predicted molar refractivity (Wildman–Crippen MR) is 71.0 cm³/mol. The fourth-order valence-corrected chi connectivity index (χ4v) is 1.98. The van der Waals surface area contributed by atoms with E-state index in [2.05, 4.69) is 0 Å². The minimum atomic E-state index is -0.799. The molecule has 2 aromatic rings. The third-order valence-corrected chi connectivity index (χ3v) is 3.13. The van der Waals surface area contributed by atoms with Crippen molar-refractivity contribution in [3.63, 3.8) is 0 Å². The van der Waals surface area contributed by atoms with E-state index in [4.69, 9.17) is 0 Å². The second kappa shape index (κ2) is 5.32. The molecule has 1 atom stereocenters. The van der Waals surface area contributed by atoms with E-state index in [1.54, 1.807) is 25.1 Å². The molecule has 0 aliphatic rings. The molecule has 0 amide bonds. The summed E-state index contributed by atoms with van der Waals surface area (Å²) in [5.74, 6) is -0.308. The van der Waals surface area contributed by atoms with Crippen LogP contribution in [-0.4, -0.2) is 5.11 Å². The molecule has 0 heterocycles. The average molecular weight is 244 g/mol. The Hall–Kier alpha value is -1.67. The van der Waals surface area contributed by atoms with Crippen LogP contribution in [0.25, 0.3) is 0 Å². The summed E-state index contributed by atoms with van der Waals surface area (Å²) >= 11 is 0. The van der Waals surface area contributed by atoms with Crippen LogP contribution in [0, 0.1) is 19.7 Å². The number of aryl methyl sites for hydroxylation is 2. The van der Waals surface area contributed by atoms with Crippen LogP contribution in [0.4, 0.5) is 4.39 Å². The fraction of sp³-hybridized carbons (Fsp3) is 0.250. The third-order valence-electron chi connectivity index (χ3n) is 3.13. The van der Waals surface area contributed by atoms with Gasteiger partial charge in [-0.05, 0) is 25.0 Å². The maximum Gasteiger partial charge on any atom is 0.131 e. The molecule has 18 heavy (non-hydrogen) atoms. The summed E-state index contributed by atoms with van der Waals surface area (Å²) < 4.78 is 13.9. The van der Waals surface area contributed by atoms with Crippen molar-refractivity contribution in [3.8, 4) is 0 Å². The molecule has 0 aliphatic heterocycles. The Morgan fingerprint density at radius 2 is 1.72 bits per heavy atom. The van der Waals surface area contributed by atoms with Gasteiger partial charge in [-0.1, -0.05) is 48.0 Å². The zero-order valence-electron chi connectivity index (χ0n) is 10.7. The molecule has 0 fully saturated rings. The van der Waals surface area contributed by atoms with Gasteiger partial charge in [0.2, 0.25) is 0 Å². The van der Waals surface area contributed by atoms with Gasteiger partial charge in [-0.3, -0.25) is 0 Å². The maximum atomic E-state index is 13.9. The van der Waals surface area contributed by atoms with E-state index >= 15 is 0 Å². The summed E-state index contributed by atoms with van der Waals surface area (Å²) in [6, 6.07) is 13.0. The molecule has 1 N–H and O–H groups in total. The summed E-state index contributed by atoms with van der Waals surface area (Å²) in [6.07, 6.45) is -0.367. The average Bonchev–Trinajstić information content (AvgIpc) is 2.35. The van der Waals surface area contributed by atoms with Gasteiger partial charge in [0.1, 0.15) is 5.82 Å². The zero-order chi connectivity index (χ0) is 13.1. The number of halogens is 1. The van der Waals surface area contributed by atoms with Crippen LogP contribution < -0.4 is 0 Å². The van der Waals surface area contributed by atoms with Gasteiger partial charge in [-0.2, -0.15) is 0 Å². The van der Waals surface area contributed by atoms with Crippen LogP contribution in [0.1, 0.15) is 28.4 Å². The molecule has 0 spiro atoms. The number of benzene rings is 2. The van der Waals surface area contributed by atoms with Gasteiger partial charge in [0.25, 0.3) is 0 Å². The van der Waals surface area contributed by atoms with Gasteiger partial charge in [0, 0.05) is 12.0 Å². The summed E-state index contributed by atoms with van der Waals surface area (Å²) in [5.41, 5.74) is 3.12. The molecule has 0 bridgehead atoms. The first-order chi connectivity index (χ1) is 8.58. The van der Waals surface area contributed by atoms with E-state index in [0.717, 1.165) is 5.56 Å². The highest BCUT2D eigenvalue weighted by Crippen LogP contribution is 2.23. The Labute approximate surface area is 107 Å². The minimum absolute atomic E-state index is 0.308. The second-order valence-electron chi connectivity index (χ2n) is 4.68. The van der Waals surface area contributed by atoms with E-state index in [0.29, 0.717) is 17.5 Å². The lowest BCUT2D eigenvalue weighted by molar-refractivity contribution is 0.173.